The van der Waals surface area contributed by atoms with E-state index >= 15 is 0 Å². The monoisotopic (exact) mass is 977 g/mol. The third kappa shape index (κ3) is 55.8. The second-order valence-electron chi connectivity index (χ2n) is 17.7. The van der Waals surface area contributed by atoms with Gasteiger partial charge in [-0.25, -0.2) is 0 Å². The second kappa shape index (κ2) is 57.6. The van der Waals surface area contributed by atoms with E-state index in [2.05, 4.69) is 154 Å². The Hall–Kier alpha value is -4.97. The van der Waals surface area contributed by atoms with E-state index in [1.54, 1.807) is 6.08 Å². The van der Waals surface area contributed by atoms with Gasteiger partial charge in [0.15, 0.2) is 6.10 Å². The lowest BCUT2D eigenvalue weighted by Crippen LogP contribution is -2.30. The average Bonchev–Trinajstić information content (AvgIpc) is 3.37. The highest BCUT2D eigenvalue weighted by Gasteiger charge is 2.19. The number of rotatable bonds is 48. The number of carbonyl (C=O) groups is 3. The van der Waals surface area contributed by atoms with Crippen LogP contribution in [0, 0.1) is 0 Å². The predicted octanol–water partition coefficient (Wildman–Crippen LogP) is 19.0. The first-order valence-electron chi connectivity index (χ1n) is 28.0. The molecular formula is C65H100O6. The fourth-order valence-electron chi connectivity index (χ4n) is 6.99. The number of hydrogen-bond donors (Lipinski definition) is 0. The fourth-order valence-corrected chi connectivity index (χ4v) is 6.99. The van der Waals surface area contributed by atoms with Crippen LogP contribution in [0.25, 0.3) is 0 Å². The molecule has 0 N–H and O–H groups in total. The van der Waals surface area contributed by atoms with E-state index in [0.717, 1.165) is 96.3 Å². The highest BCUT2D eigenvalue weighted by molar-refractivity contribution is 5.72. The Balaban J connectivity index is 4.46. The molecule has 396 valence electrons. The zero-order chi connectivity index (χ0) is 51.4. The Kier molecular flexibility index (Phi) is 53.6. The van der Waals surface area contributed by atoms with Crippen molar-refractivity contribution in [3.8, 4) is 0 Å². The minimum atomic E-state index is -0.869. The maximum atomic E-state index is 12.8. The number of hydrogen-bond acceptors (Lipinski definition) is 6. The van der Waals surface area contributed by atoms with Gasteiger partial charge in [-0.1, -0.05) is 243 Å². The van der Waals surface area contributed by atoms with Gasteiger partial charge in [0.1, 0.15) is 13.2 Å². The third-order valence-electron chi connectivity index (χ3n) is 11.1. The van der Waals surface area contributed by atoms with E-state index in [-0.39, 0.29) is 38.0 Å². The molecule has 1 atom stereocenters. The van der Waals surface area contributed by atoms with Crippen molar-refractivity contribution < 1.29 is 28.6 Å². The van der Waals surface area contributed by atoms with Crippen LogP contribution in [0.2, 0.25) is 0 Å². The molecule has 0 bridgehead atoms. The van der Waals surface area contributed by atoms with Gasteiger partial charge < -0.3 is 14.2 Å². The summed E-state index contributed by atoms with van der Waals surface area (Å²) >= 11 is 0. The van der Waals surface area contributed by atoms with Crippen LogP contribution in [0.4, 0.5) is 0 Å². The molecule has 0 radical (unpaired) electrons. The molecule has 0 saturated heterocycles. The van der Waals surface area contributed by atoms with Crippen molar-refractivity contribution in [1.29, 1.82) is 0 Å². The molecule has 6 heteroatoms. The molecule has 71 heavy (non-hydrogen) atoms. The number of carbonyl (C=O) groups excluding carboxylic acids is 3. The largest absolute Gasteiger partial charge is 0.462 e. The summed E-state index contributed by atoms with van der Waals surface area (Å²) in [5, 5.41) is 0. The molecule has 0 aromatic rings. The van der Waals surface area contributed by atoms with Crippen LogP contribution in [-0.4, -0.2) is 37.2 Å². The van der Waals surface area contributed by atoms with Gasteiger partial charge in [-0.05, 0) is 109 Å². The molecule has 0 fully saturated rings. The quantitative estimate of drug-likeness (QED) is 0.0262. The molecule has 0 amide bonds. The first kappa shape index (κ1) is 66.0. The van der Waals surface area contributed by atoms with Crippen LogP contribution >= 0.6 is 0 Å². The summed E-state index contributed by atoms with van der Waals surface area (Å²) in [6.45, 7) is 6.13. The van der Waals surface area contributed by atoms with Crippen LogP contribution in [0.3, 0.4) is 0 Å². The van der Waals surface area contributed by atoms with Crippen molar-refractivity contribution in [1.82, 2.24) is 0 Å². The SMILES string of the molecule is CC/C=C\C/C=C\C/C=C\C/C=C\C/C=C\CC(=O)OC(COC(=O)CC/C=C\C/C=C\C/C=C\C/C=C\CC)COC(=O)CCCCCCCCCCCCCC/C=C\C/C=C\C/C=C\C/C=C\CC. The summed E-state index contributed by atoms with van der Waals surface area (Å²) in [4.78, 5) is 38.0. The zero-order valence-corrected chi connectivity index (χ0v) is 45.2. The van der Waals surface area contributed by atoms with Gasteiger partial charge in [0.25, 0.3) is 0 Å². The molecule has 0 rings (SSSR count). The van der Waals surface area contributed by atoms with Crippen molar-refractivity contribution in [2.75, 3.05) is 13.2 Å². The van der Waals surface area contributed by atoms with Gasteiger partial charge in [0.2, 0.25) is 0 Å². The number of ether oxygens (including phenoxy) is 3. The Bertz CT molecular complexity index is 1640. The van der Waals surface area contributed by atoms with Crippen molar-refractivity contribution in [2.45, 2.75) is 219 Å². The van der Waals surface area contributed by atoms with Crippen LogP contribution in [-0.2, 0) is 28.6 Å². The van der Waals surface area contributed by atoms with Gasteiger partial charge in [-0.15, -0.1) is 0 Å². The van der Waals surface area contributed by atoms with Gasteiger partial charge in [0, 0.05) is 12.8 Å². The highest BCUT2D eigenvalue weighted by atomic mass is 16.6. The van der Waals surface area contributed by atoms with E-state index in [9.17, 15) is 14.4 Å². The minimum Gasteiger partial charge on any atom is -0.462 e. The Morgan fingerprint density at radius 1 is 0.296 bits per heavy atom. The standard InChI is InChI=1S/C65H100O6/c1-4-7-10-13-16-19-22-25-27-28-29-30-31-32-33-34-35-36-38-40-43-46-49-52-55-58-64(67)70-61-62(60-69-63(66)57-54-51-48-45-42-39-24-21-18-15-12-9-6-3)71-65(68)59-56-53-50-47-44-41-37-26-23-20-17-14-11-8-5-2/h7-12,16-21,25-27,29-30,37,39,42,44,47-48,51,53,56,62H,4-6,13-15,22-24,28,31-36,38,40-41,43,45-46,49-50,52,54-55,57-61H2,1-3H3/b10-7-,11-8-,12-9-,19-16-,20-17-,21-18-,27-25-,30-29-,37-26-,42-39-,47-44-,51-48-,56-53-. The lowest BCUT2D eigenvalue weighted by atomic mass is 10.0. The third-order valence-corrected chi connectivity index (χ3v) is 11.1. The predicted molar refractivity (Wildman–Crippen MR) is 306 cm³/mol. The van der Waals surface area contributed by atoms with Gasteiger partial charge in [0.05, 0.1) is 6.42 Å². The lowest BCUT2D eigenvalue weighted by molar-refractivity contribution is -0.166. The highest BCUT2D eigenvalue weighted by Crippen LogP contribution is 2.14. The smallest absolute Gasteiger partial charge is 0.310 e. The Morgan fingerprint density at radius 2 is 0.577 bits per heavy atom. The van der Waals surface area contributed by atoms with Gasteiger partial charge >= 0.3 is 17.9 Å². The fraction of sp³-hybridized carbons (Fsp3) is 0.554. The summed E-state index contributed by atoms with van der Waals surface area (Å²) in [7, 11) is 0. The van der Waals surface area contributed by atoms with Crippen LogP contribution in [0.1, 0.15) is 213 Å². The maximum Gasteiger partial charge on any atom is 0.310 e. The van der Waals surface area contributed by atoms with E-state index in [1.807, 2.05) is 18.2 Å². The van der Waals surface area contributed by atoms with Crippen LogP contribution in [0.15, 0.2) is 158 Å². The summed E-state index contributed by atoms with van der Waals surface area (Å²) < 4.78 is 16.6. The van der Waals surface area contributed by atoms with Crippen molar-refractivity contribution in [3.05, 3.63) is 158 Å². The number of unbranched alkanes of at least 4 members (excludes halogenated alkanes) is 12. The molecule has 1 unspecified atom stereocenters. The zero-order valence-electron chi connectivity index (χ0n) is 45.2. The van der Waals surface area contributed by atoms with Crippen LogP contribution < -0.4 is 0 Å². The molecular weight excluding hydrogens is 877 g/mol. The van der Waals surface area contributed by atoms with Crippen LogP contribution in [0.5, 0.6) is 0 Å². The molecule has 0 heterocycles. The van der Waals surface area contributed by atoms with Gasteiger partial charge in [-0.2, -0.15) is 0 Å². The summed E-state index contributed by atoms with van der Waals surface area (Å²) in [6, 6.07) is 0. The average molecular weight is 978 g/mol. The van der Waals surface area contributed by atoms with Crippen molar-refractivity contribution in [2.24, 2.45) is 0 Å². The Labute approximate surface area is 435 Å². The first-order chi connectivity index (χ1) is 35.0. The van der Waals surface area contributed by atoms with E-state index < -0.39 is 12.1 Å². The van der Waals surface area contributed by atoms with Crippen molar-refractivity contribution >= 4 is 17.9 Å². The molecule has 0 aliphatic carbocycles. The molecule has 0 saturated carbocycles. The molecule has 0 aromatic carbocycles. The Morgan fingerprint density at radius 3 is 0.944 bits per heavy atom. The van der Waals surface area contributed by atoms with E-state index in [1.165, 1.54) is 64.2 Å². The number of allylic oxidation sites excluding steroid dienone is 25. The minimum absolute atomic E-state index is 0.0749. The van der Waals surface area contributed by atoms with E-state index in [4.69, 9.17) is 14.2 Å². The summed E-state index contributed by atoms with van der Waals surface area (Å²) in [6.07, 6.45) is 84.3. The second-order valence-corrected chi connectivity index (χ2v) is 17.7. The molecule has 0 aromatic heterocycles. The van der Waals surface area contributed by atoms with Gasteiger partial charge in [-0.3, -0.25) is 14.4 Å². The normalized spacial score (nSPS) is 13.3. The molecule has 0 aliphatic heterocycles. The summed E-state index contributed by atoms with van der Waals surface area (Å²) in [5.41, 5.74) is 0. The topological polar surface area (TPSA) is 78.9 Å². The van der Waals surface area contributed by atoms with Crippen molar-refractivity contribution in [3.63, 3.8) is 0 Å². The molecule has 0 aliphatic rings. The first-order valence-corrected chi connectivity index (χ1v) is 28.0. The molecule has 0 spiro atoms. The lowest BCUT2D eigenvalue weighted by Gasteiger charge is -2.18. The summed E-state index contributed by atoms with van der Waals surface area (Å²) in [5.74, 6) is -1.17. The maximum absolute atomic E-state index is 12.8. The number of esters is 3. The van der Waals surface area contributed by atoms with E-state index in [0.29, 0.717) is 19.3 Å². The molecule has 6 nitrogen and oxygen atoms in total.